The number of benzene rings is 2. The highest BCUT2D eigenvalue weighted by Crippen LogP contribution is 2.27. The highest BCUT2D eigenvalue weighted by molar-refractivity contribution is 5.85. The summed E-state index contributed by atoms with van der Waals surface area (Å²) in [6.45, 7) is 1.11. The van der Waals surface area contributed by atoms with Crippen LogP contribution < -0.4 is 9.47 Å². The fourth-order valence-electron chi connectivity index (χ4n) is 2.95. The Balaban J connectivity index is 1.69. The van der Waals surface area contributed by atoms with Gasteiger partial charge < -0.3 is 9.47 Å². The molecule has 1 heterocycles. The van der Waals surface area contributed by atoms with E-state index in [4.69, 9.17) is 20.3 Å². The second-order valence-electron chi connectivity index (χ2n) is 6.56. The fourth-order valence-corrected chi connectivity index (χ4v) is 2.95. The molecule has 30 heavy (non-hydrogen) atoms. The Hall–Kier alpha value is -3.82. The second-order valence-corrected chi connectivity index (χ2v) is 6.56. The minimum Gasteiger partial charge on any atom is -0.479 e. The molecular weight excluding hydrogens is 380 g/mol. The normalized spacial score (nSPS) is 10.2. The molecule has 8 heteroatoms. The van der Waals surface area contributed by atoms with E-state index in [0.29, 0.717) is 30.6 Å². The third-order valence-electron chi connectivity index (χ3n) is 4.44. The number of rotatable bonds is 11. The van der Waals surface area contributed by atoms with Crippen molar-refractivity contribution in [1.82, 2.24) is 9.97 Å². The summed E-state index contributed by atoms with van der Waals surface area (Å²) in [5, 5.41) is 13.0. The van der Waals surface area contributed by atoms with Crippen molar-refractivity contribution >= 4 is 10.9 Å². The highest BCUT2D eigenvalue weighted by Gasteiger charge is 2.10. The maximum Gasteiger partial charge on any atom is 0.225 e. The predicted octanol–water partition coefficient (Wildman–Crippen LogP) is 5.45. The number of aromatic nitrogens is 2. The molecule has 3 aromatic rings. The second kappa shape index (κ2) is 11.2. The molecule has 0 aliphatic heterocycles. The van der Waals surface area contributed by atoms with Crippen LogP contribution in [0.5, 0.6) is 11.6 Å². The van der Waals surface area contributed by atoms with Crippen LogP contribution in [0.4, 0.5) is 0 Å². The zero-order valence-corrected chi connectivity index (χ0v) is 16.6. The largest absolute Gasteiger partial charge is 0.479 e. The Bertz CT molecular complexity index is 1060. The third kappa shape index (κ3) is 5.84. The molecular formula is C22H22N6O2. The van der Waals surface area contributed by atoms with Crippen molar-refractivity contribution in [1.29, 1.82) is 5.26 Å². The van der Waals surface area contributed by atoms with Crippen molar-refractivity contribution in [2.45, 2.75) is 25.7 Å². The van der Waals surface area contributed by atoms with Crippen LogP contribution in [0.3, 0.4) is 0 Å². The summed E-state index contributed by atoms with van der Waals surface area (Å²) in [6, 6.07) is 17.0. The topological polar surface area (TPSA) is 117 Å². The average Bonchev–Trinajstić information content (AvgIpc) is 2.79. The number of nitriles is 1. The SMILES string of the molecule is N#CCOc1ccc(-c2nc(OCCCCCCN=[N+]=[N-])c3ccccc3n2)cc1. The number of azide groups is 1. The summed E-state index contributed by atoms with van der Waals surface area (Å²) >= 11 is 0. The molecule has 0 radical (unpaired) electrons. The standard InChI is InChI=1S/C22H22N6O2/c23-13-16-29-18-11-9-17(10-12-18)21-26-20-8-4-3-7-19(20)22(27-21)30-15-6-2-1-5-14-25-28-24/h3-4,7-12H,1-2,5-6,14-16H2. The molecule has 3 rings (SSSR count). The number of hydrogen-bond donors (Lipinski definition) is 0. The zero-order valence-electron chi connectivity index (χ0n) is 16.6. The minimum absolute atomic E-state index is 0.00927. The van der Waals surface area contributed by atoms with Gasteiger partial charge in [-0.15, -0.1) is 0 Å². The Labute approximate surface area is 174 Å². The van der Waals surface area contributed by atoms with Crippen molar-refractivity contribution in [2.75, 3.05) is 19.8 Å². The van der Waals surface area contributed by atoms with Gasteiger partial charge in [0, 0.05) is 17.0 Å². The molecule has 0 amide bonds. The first-order valence-corrected chi connectivity index (χ1v) is 9.82. The van der Waals surface area contributed by atoms with E-state index in [2.05, 4.69) is 20.0 Å². The lowest BCUT2D eigenvalue weighted by molar-refractivity contribution is 0.297. The number of para-hydroxylation sites is 1. The van der Waals surface area contributed by atoms with Crippen LogP contribution in [0.25, 0.3) is 32.7 Å². The lowest BCUT2D eigenvalue weighted by atomic mass is 10.2. The van der Waals surface area contributed by atoms with Gasteiger partial charge in [0.1, 0.15) is 11.8 Å². The lowest BCUT2D eigenvalue weighted by Crippen LogP contribution is -2.02. The number of nitrogens with zero attached hydrogens (tertiary/aromatic N) is 6. The van der Waals surface area contributed by atoms with E-state index in [1.54, 1.807) is 12.1 Å². The third-order valence-corrected chi connectivity index (χ3v) is 4.44. The predicted molar refractivity (Wildman–Crippen MR) is 114 cm³/mol. The van der Waals surface area contributed by atoms with E-state index >= 15 is 0 Å². The molecule has 0 aliphatic carbocycles. The summed E-state index contributed by atoms with van der Waals surface area (Å²) in [5.74, 6) is 1.76. The summed E-state index contributed by atoms with van der Waals surface area (Å²) < 4.78 is 11.3. The smallest absolute Gasteiger partial charge is 0.225 e. The van der Waals surface area contributed by atoms with E-state index < -0.39 is 0 Å². The van der Waals surface area contributed by atoms with Crippen molar-refractivity contribution in [3.8, 4) is 29.1 Å². The van der Waals surface area contributed by atoms with Gasteiger partial charge in [0.05, 0.1) is 17.5 Å². The average molecular weight is 402 g/mol. The molecule has 0 spiro atoms. The fraction of sp³-hybridized carbons (Fsp3) is 0.318. The van der Waals surface area contributed by atoms with Gasteiger partial charge in [-0.05, 0) is 54.8 Å². The Kier molecular flexibility index (Phi) is 7.84. The van der Waals surface area contributed by atoms with Crippen molar-refractivity contribution in [2.24, 2.45) is 5.11 Å². The first kappa shape index (κ1) is 20.9. The molecule has 0 atom stereocenters. The van der Waals surface area contributed by atoms with Gasteiger partial charge in [0.15, 0.2) is 12.4 Å². The van der Waals surface area contributed by atoms with Crippen LogP contribution in [-0.4, -0.2) is 29.7 Å². The van der Waals surface area contributed by atoms with Crippen LogP contribution in [0.15, 0.2) is 53.6 Å². The van der Waals surface area contributed by atoms with Crippen LogP contribution in [-0.2, 0) is 0 Å². The Morgan fingerprint density at radius 1 is 0.967 bits per heavy atom. The Morgan fingerprint density at radius 2 is 1.77 bits per heavy atom. The zero-order chi connectivity index (χ0) is 21.0. The van der Waals surface area contributed by atoms with E-state index in [0.717, 1.165) is 42.1 Å². The number of ether oxygens (including phenoxy) is 2. The van der Waals surface area contributed by atoms with E-state index in [9.17, 15) is 0 Å². The van der Waals surface area contributed by atoms with Crippen LogP contribution in [0, 0.1) is 11.3 Å². The molecule has 0 saturated heterocycles. The van der Waals surface area contributed by atoms with Gasteiger partial charge in [0.2, 0.25) is 5.88 Å². The van der Waals surface area contributed by atoms with Crippen LogP contribution in [0.1, 0.15) is 25.7 Å². The lowest BCUT2D eigenvalue weighted by Gasteiger charge is -2.11. The van der Waals surface area contributed by atoms with Crippen molar-refractivity contribution in [3.63, 3.8) is 0 Å². The van der Waals surface area contributed by atoms with Gasteiger partial charge in [-0.3, -0.25) is 0 Å². The molecule has 0 fully saturated rings. The minimum atomic E-state index is 0.00927. The summed E-state index contributed by atoms with van der Waals surface area (Å²) in [7, 11) is 0. The number of unbranched alkanes of at least 4 members (excludes halogenated alkanes) is 3. The molecule has 0 unspecified atom stereocenters. The summed E-state index contributed by atoms with van der Waals surface area (Å²) in [4.78, 5) is 12.1. The Morgan fingerprint density at radius 3 is 2.57 bits per heavy atom. The summed E-state index contributed by atoms with van der Waals surface area (Å²) in [5.41, 5.74) is 9.94. The van der Waals surface area contributed by atoms with Crippen molar-refractivity contribution < 1.29 is 9.47 Å². The maximum atomic E-state index is 8.62. The molecule has 1 aromatic heterocycles. The quantitative estimate of drug-likeness (QED) is 0.183. The van der Waals surface area contributed by atoms with Gasteiger partial charge >= 0.3 is 0 Å². The molecule has 8 nitrogen and oxygen atoms in total. The highest BCUT2D eigenvalue weighted by atomic mass is 16.5. The molecule has 0 aliphatic rings. The van der Waals surface area contributed by atoms with Crippen LogP contribution in [0.2, 0.25) is 0 Å². The number of fused-ring (bicyclic) bond motifs is 1. The van der Waals surface area contributed by atoms with Crippen LogP contribution >= 0.6 is 0 Å². The molecule has 0 saturated carbocycles. The van der Waals surface area contributed by atoms with Crippen molar-refractivity contribution in [3.05, 3.63) is 59.0 Å². The first-order valence-electron chi connectivity index (χ1n) is 9.82. The first-order chi connectivity index (χ1) is 14.8. The van der Waals surface area contributed by atoms with Gasteiger partial charge in [-0.25, -0.2) is 4.98 Å². The molecule has 0 N–H and O–H groups in total. The molecule has 2 aromatic carbocycles. The maximum absolute atomic E-state index is 8.62. The number of hydrogen-bond acceptors (Lipinski definition) is 6. The van der Waals surface area contributed by atoms with Gasteiger partial charge in [-0.2, -0.15) is 10.2 Å². The monoisotopic (exact) mass is 402 g/mol. The molecule has 0 bridgehead atoms. The van der Waals surface area contributed by atoms with Gasteiger partial charge in [-0.1, -0.05) is 30.1 Å². The van der Waals surface area contributed by atoms with Gasteiger partial charge in [0.25, 0.3) is 0 Å². The molecule has 152 valence electrons. The van der Waals surface area contributed by atoms with E-state index in [-0.39, 0.29) is 6.61 Å². The van der Waals surface area contributed by atoms with E-state index in [1.807, 2.05) is 42.5 Å². The summed E-state index contributed by atoms with van der Waals surface area (Å²) in [6.07, 6.45) is 3.78. The van der Waals surface area contributed by atoms with E-state index in [1.165, 1.54) is 0 Å².